The highest BCUT2D eigenvalue weighted by atomic mass is 16.5. The first-order valence-electron chi connectivity index (χ1n) is 4.62. The van der Waals surface area contributed by atoms with Crippen LogP contribution in [0.3, 0.4) is 0 Å². The van der Waals surface area contributed by atoms with Crippen molar-refractivity contribution in [2.24, 2.45) is 5.73 Å². The van der Waals surface area contributed by atoms with Gasteiger partial charge in [0.15, 0.2) is 0 Å². The van der Waals surface area contributed by atoms with E-state index in [1.165, 1.54) is 6.08 Å². The molecule has 0 saturated carbocycles. The van der Waals surface area contributed by atoms with Gasteiger partial charge in [-0.3, -0.25) is 4.79 Å². The largest absolute Gasteiger partial charge is 0.492 e. The molecule has 15 heavy (non-hydrogen) atoms. The van der Waals surface area contributed by atoms with E-state index < -0.39 is 0 Å². The van der Waals surface area contributed by atoms with E-state index >= 15 is 0 Å². The van der Waals surface area contributed by atoms with Crippen LogP contribution in [0.2, 0.25) is 0 Å². The summed E-state index contributed by atoms with van der Waals surface area (Å²) < 4.78 is 5.31. The van der Waals surface area contributed by atoms with Crippen molar-refractivity contribution in [1.29, 1.82) is 0 Å². The number of nitrogens with two attached hydrogens (primary N) is 1. The van der Waals surface area contributed by atoms with E-state index in [4.69, 9.17) is 10.5 Å². The maximum Gasteiger partial charge on any atom is 0.247 e. The summed E-state index contributed by atoms with van der Waals surface area (Å²) in [5, 5.41) is 2.64. The predicted molar refractivity (Wildman–Crippen MR) is 59.8 cm³/mol. The zero-order chi connectivity index (χ0) is 11.1. The van der Waals surface area contributed by atoms with Crippen molar-refractivity contribution in [3.8, 4) is 5.75 Å². The Morgan fingerprint density at radius 1 is 1.60 bits per heavy atom. The third-order valence-corrected chi connectivity index (χ3v) is 1.67. The van der Waals surface area contributed by atoms with Gasteiger partial charge in [-0.05, 0) is 18.2 Å². The van der Waals surface area contributed by atoms with Gasteiger partial charge in [0.05, 0.1) is 0 Å². The van der Waals surface area contributed by atoms with Crippen LogP contribution in [0.15, 0.2) is 36.9 Å². The summed E-state index contributed by atoms with van der Waals surface area (Å²) in [5.41, 5.74) is 5.98. The fourth-order valence-corrected chi connectivity index (χ4v) is 1.03. The van der Waals surface area contributed by atoms with Gasteiger partial charge in [-0.2, -0.15) is 0 Å². The lowest BCUT2D eigenvalue weighted by Crippen LogP contribution is -2.11. The minimum absolute atomic E-state index is 0.244. The van der Waals surface area contributed by atoms with E-state index in [-0.39, 0.29) is 5.91 Å². The standard InChI is InChI=1S/C11H14N2O2/c1-2-11(14)13-9-4-3-5-10(8-9)15-7-6-12/h2-5,8H,1,6-7,12H2,(H,13,14). The highest BCUT2D eigenvalue weighted by Gasteiger charge is 1.98. The summed E-state index contributed by atoms with van der Waals surface area (Å²) in [6.45, 7) is 4.29. The number of carbonyl (C=O) groups is 1. The quantitative estimate of drug-likeness (QED) is 0.710. The molecule has 1 amide bonds. The number of hydrogen-bond acceptors (Lipinski definition) is 3. The zero-order valence-electron chi connectivity index (χ0n) is 8.40. The van der Waals surface area contributed by atoms with E-state index in [0.29, 0.717) is 24.6 Å². The Morgan fingerprint density at radius 2 is 2.40 bits per heavy atom. The average molecular weight is 206 g/mol. The maximum atomic E-state index is 11.0. The second kappa shape index (κ2) is 5.82. The van der Waals surface area contributed by atoms with Crippen LogP contribution in [-0.2, 0) is 4.79 Å². The van der Waals surface area contributed by atoms with Gasteiger partial charge in [0.2, 0.25) is 5.91 Å². The molecule has 0 aliphatic heterocycles. The molecule has 0 radical (unpaired) electrons. The van der Waals surface area contributed by atoms with E-state index in [9.17, 15) is 4.79 Å². The molecule has 0 unspecified atom stereocenters. The molecule has 1 rings (SSSR count). The number of hydrogen-bond donors (Lipinski definition) is 2. The van der Waals surface area contributed by atoms with Gasteiger partial charge >= 0.3 is 0 Å². The molecule has 0 bridgehead atoms. The summed E-state index contributed by atoms with van der Waals surface area (Å²) in [6, 6.07) is 7.11. The van der Waals surface area contributed by atoms with Crippen molar-refractivity contribution < 1.29 is 9.53 Å². The SMILES string of the molecule is C=CC(=O)Nc1cccc(OCCN)c1. The lowest BCUT2D eigenvalue weighted by atomic mass is 10.3. The minimum atomic E-state index is -0.244. The van der Waals surface area contributed by atoms with Gasteiger partial charge in [0.1, 0.15) is 12.4 Å². The van der Waals surface area contributed by atoms with Crippen LogP contribution in [0.25, 0.3) is 0 Å². The Bertz CT molecular complexity index is 350. The van der Waals surface area contributed by atoms with Gasteiger partial charge in [-0.1, -0.05) is 12.6 Å². The Kier molecular flexibility index (Phi) is 4.37. The van der Waals surface area contributed by atoms with Crippen molar-refractivity contribution >= 4 is 11.6 Å². The average Bonchev–Trinajstić information content (AvgIpc) is 2.26. The highest BCUT2D eigenvalue weighted by molar-refractivity contribution is 5.98. The first-order valence-corrected chi connectivity index (χ1v) is 4.62. The highest BCUT2D eigenvalue weighted by Crippen LogP contribution is 2.16. The first kappa shape index (κ1) is 11.3. The van der Waals surface area contributed by atoms with Crippen LogP contribution >= 0.6 is 0 Å². The molecular formula is C11H14N2O2. The van der Waals surface area contributed by atoms with Crippen LogP contribution in [0, 0.1) is 0 Å². The normalized spacial score (nSPS) is 9.40. The van der Waals surface area contributed by atoms with Gasteiger partial charge in [0, 0.05) is 18.3 Å². The molecule has 0 aliphatic carbocycles. The fraction of sp³-hybridized carbons (Fsp3) is 0.182. The lowest BCUT2D eigenvalue weighted by molar-refractivity contribution is -0.111. The molecule has 0 saturated heterocycles. The molecule has 80 valence electrons. The number of amides is 1. The molecule has 3 N–H and O–H groups in total. The number of carbonyl (C=O) groups excluding carboxylic acids is 1. The molecule has 1 aromatic rings. The van der Waals surface area contributed by atoms with Gasteiger partial charge in [-0.15, -0.1) is 0 Å². The summed E-state index contributed by atoms with van der Waals surface area (Å²) in [4.78, 5) is 11.0. The van der Waals surface area contributed by atoms with Gasteiger partial charge < -0.3 is 15.8 Å². The number of anilines is 1. The second-order valence-electron chi connectivity index (χ2n) is 2.86. The van der Waals surface area contributed by atoms with E-state index in [2.05, 4.69) is 11.9 Å². The molecular weight excluding hydrogens is 192 g/mol. The van der Waals surface area contributed by atoms with Crippen molar-refractivity contribution in [2.75, 3.05) is 18.5 Å². The topological polar surface area (TPSA) is 64.3 Å². The van der Waals surface area contributed by atoms with Crippen LogP contribution in [0.5, 0.6) is 5.75 Å². The predicted octanol–water partition coefficient (Wildman–Crippen LogP) is 1.15. The molecule has 0 aromatic heterocycles. The molecule has 4 heteroatoms. The Morgan fingerprint density at radius 3 is 3.07 bits per heavy atom. The molecule has 4 nitrogen and oxygen atoms in total. The van der Waals surface area contributed by atoms with Crippen LogP contribution in [0.1, 0.15) is 0 Å². The molecule has 1 aromatic carbocycles. The molecule has 0 spiro atoms. The van der Waals surface area contributed by atoms with E-state index in [0.717, 1.165) is 0 Å². The Hall–Kier alpha value is -1.81. The molecule has 0 aliphatic rings. The molecule has 0 heterocycles. The number of ether oxygens (including phenoxy) is 1. The summed E-state index contributed by atoms with van der Waals surface area (Å²) in [7, 11) is 0. The molecule has 0 atom stereocenters. The van der Waals surface area contributed by atoms with Crippen molar-refractivity contribution in [3.63, 3.8) is 0 Å². The minimum Gasteiger partial charge on any atom is -0.492 e. The first-order chi connectivity index (χ1) is 7.26. The third kappa shape index (κ3) is 3.83. The number of benzene rings is 1. The van der Waals surface area contributed by atoms with Gasteiger partial charge in [0.25, 0.3) is 0 Å². The smallest absolute Gasteiger partial charge is 0.247 e. The van der Waals surface area contributed by atoms with E-state index in [1.54, 1.807) is 24.3 Å². The lowest BCUT2D eigenvalue weighted by Gasteiger charge is -2.06. The maximum absolute atomic E-state index is 11.0. The number of rotatable bonds is 5. The molecule has 0 fully saturated rings. The number of nitrogens with one attached hydrogen (secondary N) is 1. The van der Waals surface area contributed by atoms with Crippen LogP contribution in [0.4, 0.5) is 5.69 Å². The summed E-state index contributed by atoms with van der Waals surface area (Å²) in [6.07, 6.45) is 1.22. The zero-order valence-corrected chi connectivity index (χ0v) is 8.40. The van der Waals surface area contributed by atoms with Gasteiger partial charge in [-0.25, -0.2) is 0 Å². The van der Waals surface area contributed by atoms with Crippen molar-refractivity contribution in [1.82, 2.24) is 0 Å². The third-order valence-electron chi connectivity index (χ3n) is 1.67. The van der Waals surface area contributed by atoms with Crippen molar-refractivity contribution in [3.05, 3.63) is 36.9 Å². The van der Waals surface area contributed by atoms with Crippen LogP contribution < -0.4 is 15.8 Å². The summed E-state index contributed by atoms with van der Waals surface area (Å²) >= 11 is 0. The summed E-state index contributed by atoms with van der Waals surface area (Å²) in [5.74, 6) is 0.438. The monoisotopic (exact) mass is 206 g/mol. The van der Waals surface area contributed by atoms with E-state index in [1.807, 2.05) is 0 Å². The fourth-order valence-electron chi connectivity index (χ4n) is 1.03. The van der Waals surface area contributed by atoms with Crippen molar-refractivity contribution in [2.45, 2.75) is 0 Å². The Labute approximate surface area is 88.7 Å². The second-order valence-corrected chi connectivity index (χ2v) is 2.86. The Balaban J connectivity index is 2.65. The van der Waals surface area contributed by atoms with Crippen LogP contribution in [-0.4, -0.2) is 19.1 Å².